The molecule has 1 saturated carbocycles. The zero-order valence-corrected chi connectivity index (χ0v) is 19.0. The molecule has 0 unspecified atom stereocenters. The molecule has 1 fully saturated rings. The topological polar surface area (TPSA) is 75.7 Å². The molecule has 1 N–H and O–H groups in total. The van der Waals surface area contributed by atoms with Crippen LogP contribution in [0, 0.1) is 5.92 Å². The molecule has 6 rings (SSSR count). The Kier molecular flexibility index (Phi) is 5.36. The van der Waals surface area contributed by atoms with Gasteiger partial charge in [0.2, 0.25) is 5.91 Å². The zero-order valence-electron chi connectivity index (χ0n) is 19.0. The van der Waals surface area contributed by atoms with Gasteiger partial charge in [-0.15, -0.1) is 0 Å². The largest absolute Gasteiger partial charge is 0.469 e. The van der Waals surface area contributed by atoms with Crippen molar-refractivity contribution in [2.75, 3.05) is 10.2 Å². The number of fused-ring (bicyclic) bond motifs is 1. The van der Waals surface area contributed by atoms with Gasteiger partial charge >= 0.3 is 0 Å². The number of Topliss-reactive ketones (excluding diaryl/α,β-unsaturated/α-hetero) is 1. The predicted molar refractivity (Wildman–Crippen MR) is 128 cm³/mol. The van der Waals surface area contributed by atoms with E-state index >= 15 is 0 Å². The summed E-state index contributed by atoms with van der Waals surface area (Å²) in [4.78, 5) is 29.7. The second-order valence-electron chi connectivity index (χ2n) is 9.54. The molecule has 2 aromatic heterocycles. The van der Waals surface area contributed by atoms with Crippen molar-refractivity contribution in [1.29, 1.82) is 0 Å². The number of allylic oxidation sites excluding steroid dienone is 1. The van der Waals surface area contributed by atoms with Crippen LogP contribution in [-0.4, -0.2) is 11.7 Å². The molecule has 6 nitrogen and oxygen atoms in total. The first-order valence-electron chi connectivity index (χ1n) is 12.2. The van der Waals surface area contributed by atoms with Crippen molar-refractivity contribution >= 4 is 23.1 Å². The lowest BCUT2D eigenvalue weighted by Crippen LogP contribution is -2.42. The SMILES string of the molecule is O=C1C[C@H](c2ccco2)CC2=C1[C@@H](c1ccco1)N(C(=O)C1CCCCC1)c1ccccc1N2. The fourth-order valence-electron chi connectivity index (χ4n) is 5.82. The van der Waals surface area contributed by atoms with E-state index in [0.717, 1.165) is 48.5 Å². The Morgan fingerprint density at radius 2 is 1.62 bits per heavy atom. The molecule has 34 heavy (non-hydrogen) atoms. The summed E-state index contributed by atoms with van der Waals surface area (Å²) in [5.74, 6) is 1.43. The van der Waals surface area contributed by atoms with E-state index in [1.54, 1.807) is 12.5 Å². The third-order valence-electron chi connectivity index (χ3n) is 7.44. The summed E-state index contributed by atoms with van der Waals surface area (Å²) in [6.45, 7) is 0. The summed E-state index contributed by atoms with van der Waals surface area (Å²) in [5, 5.41) is 3.55. The van der Waals surface area contributed by atoms with E-state index in [9.17, 15) is 9.59 Å². The van der Waals surface area contributed by atoms with Crippen molar-refractivity contribution in [3.05, 3.63) is 83.8 Å². The average Bonchev–Trinajstić information content (AvgIpc) is 3.57. The number of ketones is 1. The molecule has 1 aliphatic heterocycles. The molecule has 0 spiro atoms. The Hall–Kier alpha value is -3.54. The van der Waals surface area contributed by atoms with Crippen LogP contribution in [0.3, 0.4) is 0 Å². The monoisotopic (exact) mass is 456 g/mol. The smallest absolute Gasteiger partial charge is 0.231 e. The second kappa shape index (κ2) is 8.67. The van der Waals surface area contributed by atoms with Gasteiger partial charge in [0.1, 0.15) is 17.6 Å². The fourth-order valence-corrected chi connectivity index (χ4v) is 5.82. The predicted octanol–water partition coefficient (Wildman–Crippen LogP) is 6.35. The number of para-hydroxylation sites is 2. The van der Waals surface area contributed by atoms with Crippen LogP contribution >= 0.6 is 0 Å². The number of hydrogen-bond donors (Lipinski definition) is 1. The summed E-state index contributed by atoms with van der Waals surface area (Å²) < 4.78 is 11.5. The maximum Gasteiger partial charge on any atom is 0.231 e. The van der Waals surface area contributed by atoms with Crippen LogP contribution in [0.4, 0.5) is 11.4 Å². The molecule has 2 aliphatic carbocycles. The Morgan fingerprint density at radius 3 is 2.35 bits per heavy atom. The lowest BCUT2D eigenvalue weighted by atomic mass is 9.80. The number of carbonyl (C=O) groups is 2. The lowest BCUT2D eigenvalue weighted by molar-refractivity contribution is -0.123. The zero-order chi connectivity index (χ0) is 23.1. The number of anilines is 2. The maximum absolute atomic E-state index is 14.1. The van der Waals surface area contributed by atoms with Crippen molar-refractivity contribution in [2.45, 2.75) is 56.9 Å². The highest BCUT2D eigenvalue weighted by atomic mass is 16.3. The van der Waals surface area contributed by atoms with Crippen molar-refractivity contribution < 1.29 is 18.4 Å². The van der Waals surface area contributed by atoms with Gasteiger partial charge in [-0.1, -0.05) is 31.4 Å². The number of nitrogens with zero attached hydrogens (tertiary/aromatic N) is 1. The number of rotatable bonds is 3. The molecular weight excluding hydrogens is 428 g/mol. The van der Waals surface area contributed by atoms with Gasteiger partial charge < -0.3 is 14.2 Å². The first kappa shape index (κ1) is 21.0. The van der Waals surface area contributed by atoms with Crippen LogP contribution in [0.25, 0.3) is 0 Å². The van der Waals surface area contributed by atoms with Gasteiger partial charge in [-0.05, 0) is 55.7 Å². The van der Waals surface area contributed by atoms with Crippen molar-refractivity contribution in [1.82, 2.24) is 0 Å². The third-order valence-corrected chi connectivity index (χ3v) is 7.44. The second-order valence-corrected chi connectivity index (χ2v) is 9.54. The highest BCUT2D eigenvalue weighted by Crippen LogP contribution is 2.48. The van der Waals surface area contributed by atoms with Gasteiger partial charge in [0.15, 0.2) is 5.78 Å². The van der Waals surface area contributed by atoms with Gasteiger partial charge in [0, 0.05) is 29.5 Å². The maximum atomic E-state index is 14.1. The van der Waals surface area contributed by atoms with E-state index in [0.29, 0.717) is 24.2 Å². The van der Waals surface area contributed by atoms with E-state index < -0.39 is 6.04 Å². The summed E-state index contributed by atoms with van der Waals surface area (Å²) in [7, 11) is 0. The highest BCUT2D eigenvalue weighted by molar-refractivity contribution is 6.06. The summed E-state index contributed by atoms with van der Waals surface area (Å²) in [6, 6.07) is 14.7. The molecule has 174 valence electrons. The Labute approximate surface area is 198 Å². The van der Waals surface area contributed by atoms with E-state index in [2.05, 4.69) is 5.32 Å². The summed E-state index contributed by atoms with van der Waals surface area (Å²) >= 11 is 0. The van der Waals surface area contributed by atoms with Gasteiger partial charge in [0.05, 0.1) is 23.9 Å². The minimum atomic E-state index is -0.597. The van der Waals surface area contributed by atoms with Crippen molar-refractivity contribution in [3.8, 4) is 0 Å². The number of carbonyl (C=O) groups excluding carboxylic acids is 2. The van der Waals surface area contributed by atoms with Gasteiger partial charge in [0.25, 0.3) is 0 Å². The van der Waals surface area contributed by atoms with Gasteiger partial charge in [-0.25, -0.2) is 0 Å². The van der Waals surface area contributed by atoms with E-state index in [1.807, 2.05) is 53.4 Å². The van der Waals surface area contributed by atoms with Gasteiger partial charge in [-0.3, -0.25) is 14.5 Å². The minimum absolute atomic E-state index is 0.0193. The Bertz CT molecular complexity index is 1220. The number of nitrogens with one attached hydrogen (secondary N) is 1. The quantitative estimate of drug-likeness (QED) is 0.497. The number of benzene rings is 1. The van der Waals surface area contributed by atoms with Gasteiger partial charge in [-0.2, -0.15) is 0 Å². The Morgan fingerprint density at radius 1 is 0.882 bits per heavy atom. The number of hydrogen-bond acceptors (Lipinski definition) is 5. The third kappa shape index (κ3) is 3.58. The van der Waals surface area contributed by atoms with Crippen molar-refractivity contribution in [2.24, 2.45) is 5.92 Å². The number of amides is 1. The lowest BCUT2D eigenvalue weighted by Gasteiger charge is -2.36. The molecule has 0 saturated heterocycles. The minimum Gasteiger partial charge on any atom is -0.469 e. The Balaban J connectivity index is 1.51. The van der Waals surface area contributed by atoms with E-state index in [-0.39, 0.29) is 23.5 Å². The van der Waals surface area contributed by atoms with Crippen LogP contribution in [0.1, 0.15) is 68.4 Å². The molecule has 3 aliphatic rings. The number of furan rings is 2. The first-order valence-corrected chi connectivity index (χ1v) is 12.2. The normalized spacial score (nSPS) is 23.2. The standard InChI is InChI=1S/C28H28N2O4/c31-23-17-19(24-12-6-14-33-24)16-21-26(23)27(25-13-7-15-34-25)30(22-11-5-4-10-20(22)29-21)28(32)18-8-2-1-3-9-18/h4-7,10-15,18-19,27,29H,1-3,8-9,16-17H2/t19-,27-/m1/s1. The van der Waals surface area contributed by atoms with E-state index in [4.69, 9.17) is 8.83 Å². The molecule has 1 amide bonds. The summed E-state index contributed by atoms with van der Waals surface area (Å²) in [6.07, 6.45) is 9.30. The van der Waals surface area contributed by atoms with Crippen LogP contribution in [0.2, 0.25) is 0 Å². The molecular formula is C28H28N2O4. The fraction of sp³-hybridized carbons (Fsp3) is 0.357. The average molecular weight is 457 g/mol. The van der Waals surface area contributed by atoms with Crippen LogP contribution in [-0.2, 0) is 9.59 Å². The molecule has 2 atom stereocenters. The molecule has 6 heteroatoms. The molecule has 3 aromatic rings. The molecule has 1 aromatic carbocycles. The molecule has 3 heterocycles. The van der Waals surface area contributed by atoms with Crippen molar-refractivity contribution in [3.63, 3.8) is 0 Å². The molecule has 0 radical (unpaired) electrons. The van der Waals surface area contributed by atoms with Crippen LogP contribution < -0.4 is 10.2 Å². The van der Waals surface area contributed by atoms with Crippen LogP contribution in [0.5, 0.6) is 0 Å². The first-order chi connectivity index (χ1) is 16.7. The summed E-state index contributed by atoms with van der Waals surface area (Å²) in [5.41, 5.74) is 3.08. The highest BCUT2D eigenvalue weighted by Gasteiger charge is 2.44. The van der Waals surface area contributed by atoms with Crippen LogP contribution in [0.15, 0.2) is 81.2 Å². The van der Waals surface area contributed by atoms with E-state index in [1.165, 1.54) is 6.42 Å². The molecule has 0 bridgehead atoms.